The van der Waals surface area contributed by atoms with Gasteiger partial charge in [0.1, 0.15) is 5.82 Å². The van der Waals surface area contributed by atoms with E-state index in [1.165, 1.54) is 30.3 Å². The summed E-state index contributed by atoms with van der Waals surface area (Å²) in [6.07, 6.45) is 1.60. The smallest absolute Gasteiger partial charge is 0.243 e. The topological polar surface area (TPSA) is 69.7 Å². The van der Waals surface area contributed by atoms with Gasteiger partial charge in [0.15, 0.2) is 0 Å². The van der Waals surface area contributed by atoms with Gasteiger partial charge in [-0.25, -0.2) is 12.8 Å². The first-order valence-corrected chi connectivity index (χ1v) is 12.0. The molecule has 1 fully saturated rings. The van der Waals surface area contributed by atoms with E-state index in [9.17, 15) is 17.6 Å². The lowest BCUT2D eigenvalue weighted by Gasteiger charge is -2.30. The summed E-state index contributed by atoms with van der Waals surface area (Å²) in [5.41, 5.74) is 0.939. The monoisotopic (exact) mass is 467 g/mol. The van der Waals surface area contributed by atoms with Crippen molar-refractivity contribution in [3.8, 4) is 0 Å². The van der Waals surface area contributed by atoms with Crippen LogP contribution in [-0.4, -0.2) is 56.3 Å². The van der Waals surface area contributed by atoms with E-state index in [0.29, 0.717) is 0 Å². The molecule has 1 N–H and O–H groups in total. The van der Waals surface area contributed by atoms with Crippen LogP contribution >= 0.6 is 11.6 Å². The van der Waals surface area contributed by atoms with Crippen molar-refractivity contribution >= 4 is 27.5 Å². The minimum atomic E-state index is -4.06. The Labute approximate surface area is 188 Å². The number of carbonyl (C=O) groups is 1. The number of halogens is 2. The molecule has 31 heavy (non-hydrogen) atoms. The number of benzene rings is 2. The van der Waals surface area contributed by atoms with E-state index in [2.05, 4.69) is 10.2 Å². The predicted molar refractivity (Wildman–Crippen MR) is 119 cm³/mol. The molecule has 0 aliphatic carbocycles. The Balaban J connectivity index is 1.85. The summed E-state index contributed by atoms with van der Waals surface area (Å²) >= 11 is 6.13. The molecule has 0 bridgehead atoms. The van der Waals surface area contributed by atoms with Crippen LogP contribution in [0.25, 0.3) is 0 Å². The molecule has 0 radical (unpaired) electrons. The van der Waals surface area contributed by atoms with Gasteiger partial charge in [-0.1, -0.05) is 35.4 Å². The van der Waals surface area contributed by atoms with Crippen LogP contribution in [0.1, 0.15) is 24.0 Å². The molecule has 168 valence electrons. The number of hydrogen-bond donors (Lipinski definition) is 1. The minimum absolute atomic E-state index is 0.00956. The van der Waals surface area contributed by atoms with Crippen molar-refractivity contribution in [1.29, 1.82) is 0 Å². The average Bonchev–Trinajstić information content (AvgIpc) is 2.72. The van der Waals surface area contributed by atoms with Gasteiger partial charge in [0, 0.05) is 23.2 Å². The molecule has 9 heteroatoms. The van der Waals surface area contributed by atoms with Gasteiger partial charge < -0.3 is 10.2 Å². The SMILES string of the molecule is Cc1ccc(S(=O)(=O)N(CC(=O)NC2CCN(C)CC2)Cc2c(F)cccc2Cl)cc1. The van der Waals surface area contributed by atoms with Crippen molar-refractivity contribution < 1.29 is 17.6 Å². The number of sulfonamides is 1. The maximum absolute atomic E-state index is 14.4. The lowest BCUT2D eigenvalue weighted by atomic mass is 10.1. The summed E-state index contributed by atoms with van der Waals surface area (Å²) in [7, 11) is -2.04. The summed E-state index contributed by atoms with van der Waals surface area (Å²) in [5.74, 6) is -1.04. The van der Waals surface area contributed by atoms with Gasteiger partial charge >= 0.3 is 0 Å². The minimum Gasteiger partial charge on any atom is -0.352 e. The molecule has 1 saturated heterocycles. The quantitative estimate of drug-likeness (QED) is 0.679. The maximum atomic E-state index is 14.4. The fourth-order valence-corrected chi connectivity index (χ4v) is 5.12. The van der Waals surface area contributed by atoms with Crippen molar-refractivity contribution in [2.45, 2.75) is 37.2 Å². The van der Waals surface area contributed by atoms with Crippen molar-refractivity contribution in [3.63, 3.8) is 0 Å². The average molecular weight is 468 g/mol. The van der Waals surface area contributed by atoms with Crippen LogP contribution in [0.3, 0.4) is 0 Å². The molecule has 0 aromatic heterocycles. The number of likely N-dealkylation sites (tertiary alicyclic amines) is 1. The van der Waals surface area contributed by atoms with Crippen LogP contribution in [0.15, 0.2) is 47.4 Å². The number of amides is 1. The molecule has 0 saturated carbocycles. The molecular weight excluding hydrogens is 441 g/mol. The fraction of sp³-hybridized carbons (Fsp3) is 0.409. The Bertz CT molecular complexity index is 1000. The van der Waals surface area contributed by atoms with Gasteiger partial charge in [-0.15, -0.1) is 0 Å². The Morgan fingerprint density at radius 2 is 1.84 bits per heavy atom. The van der Waals surface area contributed by atoms with E-state index < -0.39 is 28.3 Å². The standard InChI is InChI=1S/C22H27ClFN3O3S/c1-16-6-8-18(9-7-16)31(29,30)27(14-19-20(23)4-3-5-21(19)24)15-22(28)25-17-10-12-26(2)13-11-17/h3-9,17H,10-15H2,1-2H3,(H,25,28). The van der Waals surface area contributed by atoms with E-state index >= 15 is 0 Å². The van der Waals surface area contributed by atoms with Crippen molar-refractivity contribution in [1.82, 2.24) is 14.5 Å². The summed E-state index contributed by atoms with van der Waals surface area (Å²) < 4.78 is 42.0. The Morgan fingerprint density at radius 3 is 2.45 bits per heavy atom. The zero-order chi connectivity index (χ0) is 22.6. The van der Waals surface area contributed by atoms with Crippen molar-refractivity contribution in [3.05, 3.63) is 64.4 Å². The first kappa shape index (κ1) is 23.7. The molecule has 0 spiro atoms. The summed E-state index contributed by atoms with van der Waals surface area (Å²) in [6, 6.07) is 10.5. The number of nitrogens with one attached hydrogen (secondary N) is 1. The van der Waals surface area contributed by atoms with Gasteiger partial charge in [-0.05, 0) is 64.2 Å². The van der Waals surface area contributed by atoms with Gasteiger partial charge in [-0.2, -0.15) is 4.31 Å². The second-order valence-electron chi connectivity index (χ2n) is 7.93. The number of hydrogen-bond acceptors (Lipinski definition) is 4. The van der Waals surface area contributed by atoms with E-state index in [1.807, 2.05) is 14.0 Å². The molecule has 3 rings (SSSR count). The van der Waals surface area contributed by atoms with Crippen LogP contribution in [0.5, 0.6) is 0 Å². The highest BCUT2D eigenvalue weighted by Gasteiger charge is 2.29. The van der Waals surface area contributed by atoms with Gasteiger partial charge in [0.05, 0.1) is 11.4 Å². The lowest BCUT2D eigenvalue weighted by molar-refractivity contribution is -0.122. The summed E-state index contributed by atoms with van der Waals surface area (Å²) in [4.78, 5) is 15.0. The fourth-order valence-electron chi connectivity index (χ4n) is 3.53. The number of carbonyl (C=O) groups excluding carboxylic acids is 1. The van der Waals surface area contributed by atoms with Crippen LogP contribution in [0, 0.1) is 12.7 Å². The summed E-state index contributed by atoms with van der Waals surface area (Å²) in [6.45, 7) is 2.81. The van der Waals surface area contributed by atoms with E-state index in [1.54, 1.807) is 12.1 Å². The third kappa shape index (κ3) is 6.04. The molecule has 2 aromatic rings. The van der Waals surface area contributed by atoms with Gasteiger partial charge in [0.25, 0.3) is 0 Å². The zero-order valence-corrected chi connectivity index (χ0v) is 19.2. The molecule has 1 aliphatic heterocycles. The first-order chi connectivity index (χ1) is 14.7. The van der Waals surface area contributed by atoms with Crippen molar-refractivity contribution in [2.75, 3.05) is 26.7 Å². The Kier molecular flexibility index (Phi) is 7.69. The first-order valence-electron chi connectivity index (χ1n) is 10.1. The molecule has 1 amide bonds. The molecule has 2 aromatic carbocycles. The van der Waals surface area contributed by atoms with E-state index in [4.69, 9.17) is 11.6 Å². The second kappa shape index (κ2) is 10.1. The highest BCUT2D eigenvalue weighted by molar-refractivity contribution is 7.89. The largest absolute Gasteiger partial charge is 0.352 e. The molecular formula is C22H27ClFN3O3S. The predicted octanol–water partition coefficient (Wildman–Crippen LogP) is 3.19. The third-order valence-electron chi connectivity index (χ3n) is 5.46. The number of nitrogens with zero attached hydrogens (tertiary/aromatic N) is 2. The Morgan fingerprint density at radius 1 is 1.19 bits per heavy atom. The normalized spacial score (nSPS) is 15.9. The molecule has 1 heterocycles. The number of piperidine rings is 1. The Hall–Kier alpha value is -2.00. The summed E-state index contributed by atoms with van der Waals surface area (Å²) in [5, 5.41) is 3.03. The maximum Gasteiger partial charge on any atom is 0.243 e. The zero-order valence-electron chi connectivity index (χ0n) is 17.6. The molecule has 1 aliphatic rings. The number of rotatable bonds is 7. The second-order valence-corrected chi connectivity index (χ2v) is 10.3. The van der Waals surface area contributed by atoms with E-state index in [0.717, 1.165) is 35.8 Å². The van der Waals surface area contributed by atoms with Crippen molar-refractivity contribution in [2.24, 2.45) is 0 Å². The van der Waals surface area contributed by atoms with E-state index in [-0.39, 0.29) is 28.1 Å². The van der Waals surface area contributed by atoms with Crippen LogP contribution in [0.2, 0.25) is 5.02 Å². The molecule has 0 unspecified atom stereocenters. The van der Waals surface area contributed by atoms with Crippen LogP contribution in [0.4, 0.5) is 4.39 Å². The lowest BCUT2D eigenvalue weighted by Crippen LogP contribution is -2.47. The van der Waals surface area contributed by atoms with Crippen LogP contribution in [-0.2, 0) is 21.4 Å². The highest BCUT2D eigenvalue weighted by atomic mass is 35.5. The van der Waals surface area contributed by atoms with Gasteiger partial charge in [0.2, 0.25) is 15.9 Å². The molecule has 6 nitrogen and oxygen atoms in total. The number of aryl methyl sites for hydroxylation is 1. The third-order valence-corrected chi connectivity index (χ3v) is 7.62. The van der Waals surface area contributed by atoms with Gasteiger partial charge in [-0.3, -0.25) is 4.79 Å². The van der Waals surface area contributed by atoms with Crippen LogP contribution < -0.4 is 5.32 Å². The highest BCUT2D eigenvalue weighted by Crippen LogP contribution is 2.25. The molecule has 0 atom stereocenters.